The summed E-state index contributed by atoms with van der Waals surface area (Å²) in [5.41, 5.74) is 0. The topological polar surface area (TPSA) is 0 Å². The van der Waals surface area contributed by atoms with E-state index in [-0.39, 0.29) is 49.8 Å². The molecule has 0 aliphatic carbocycles. The van der Waals surface area contributed by atoms with E-state index in [2.05, 4.69) is 0 Å². The van der Waals surface area contributed by atoms with Gasteiger partial charge in [-0.3, -0.25) is 0 Å². The fourth-order valence-electron chi connectivity index (χ4n) is 0.642. The van der Waals surface area contributed by atoms with Crippen molar-refractivity contribution in [1.82, 2.24) is 0 Å². The zero-order chi connectivity index (χ0) is 7.07. The molecular formula is C10H10FeY. The Morgan fingerprint density at radius 2 is 0.833 bits per heavy atom. The molecule has 2 rings (SSSR count). The van der Waals surface area contributed by atoms with Crippen LogP contribution in [0.1, 0.15) is 0 Å². The van der Waals surface area contributed by atoms with Crippen LogP contribution in [-0.4, -0.2) is 0 Å². The van der Waals surface area contributed by atoms with Crippen molar-refractivity contribution in [2.24, 2.45) is 0 Å². The van der Waals surface area contributed by atoms with E-state index in [0.29, 0.717) is 0 Å². The molecule has 0 atom stereocenters. The third-order valence-corrected chi connectivity index (χ3v) is 1.11. The molecule has 0 nitrogen and oxygen atoms in total. The van der Waals surface area contributed by atoms with E-state index in [1.54, 1.807) is 0 Å². The van der Waals surface area contributed by atoms with Crippen LogP contribution in [0.25, 0.3) is 0 Å². The van der Waals surface area contributed by atoms with E-state index in [1.807, 2.05) is 60.7 Å². The normalized spacial score (nSPS) is 6.67. The van der Waals surface area contributed by atoms with Crippen molar-refractivity contribution in [2.45, 2.75) is 0 Å². The molecule has 0 aliphatic heterocycles. The second-order valence-electron chi connectivity index (χ2n) is 1.92. The molecule has 1 radical (unpaired) electrons. The smallest absolute Gasteiger partial charge is 0.214 e. The van der Waals surface area contributed by atoms with Gasteiger partial charge in [-0.1, -0.05) is 0 Å². The molecule has 61 valence electrons. The van der Waals surface area contributed by atoms with Gasteiger partial charge in [-0.25, -0.2) is 24.3 Å². The van der Waals surface area contributed by atoms with Crippen LogP contribution in [0, 0.1) is 0 Å². The summed E-state index contributed by atoms with van der Waals surface area (Å²) >= 11 is 0. The van der Waals surface area contributed by atoms with Gasteiger partial charge in [-0.15, -0.1) is 0 Å². The molecule has 2 heteroatoms. The molecule has 0 spiro atoms. The Morgan fingerprint density at radius 3 is 0.917 bits per heavy atom. The molecular weight excluding hydrogens is 265 g/mol. The van der Waals surface area contributed by atoms with Gasteiger partial charge in [-0.2, -0.15) is 36.4 Å². The maximum atomic E-state index is 2.00. The van der Waals surface area contributed by atoms with E-state index in [1.165, 1.54) is 0 Å². The summed E-state index contributed by atoms with van der Waals surface area (Å²) in [7, 11) is 0. The van der Waals surface area contributed by atoms with Crippen LogP contribution in [0.4, 0.5) is 0 Å². The number of hydrogen-bond donors (Lipinski definition) is 0. The Labute approximate surface area is 109 Å². The zero-order valence-electron chi connectivity index (χ0n) is 6.70. The van der Waals surface area contributed by atoms with E-state index in [0.717, 1.165) is 0 Å². The van der Waals surface area contributed by atoms with Gasteiger partial charge in [0.15, 0.2) is 0 Å². The van der Waals surface area contributed by atoms with Crippen LogP contribution < -0.4 is 0 Å². The first kappa shape index (κ1) is 14.8. The Morgan fingerprint density at radius 1 is 0.583 bits per heavy atom. The average molecular weight is 275 g/mol. The SMILES string of the molecule is [Fe+2].[Y].c1cc[cH-]c1.c1cc[cH-]c1. The van der Waals surface area contributed by atoms with Crippen molar-refractivity contribution in [3.63, 3.8) is 0 Å². The predicted molar refractivity (Wildman–Crippen MR) is 44.1 cm³/mol. The molecule has 0 aliphatic rings. The Kier molecular flexibility index (Phi) is 14.0. The van der Waals surface area contributed by atoms with Gasteiger partial charge in [0, 0.05) is 32.7 Å². The van der Waals surface area contributed by atoms with Crippen molar-refractivity contribution in [2.75, 3.05) is 0 Å². The molecule has 0 unspecified atom stereocenters. The minimum Gasteiger partial charge on any atom is -0.214 e. The quantitative estimate of drug-likeness (QED) is 0.512. The first-order valence-corrected chi connectivity index (χ1v) is 3.33. The molecule has 2 aromatic carbocycles. The molecule has 0 amide bonds. The Hall–Kier alpha value is 0.323. The second kappa shape index (κ2) is 11.3. The van der Waals surface area contributed by atoms with Crippen LogP contribution in [0.15, 0.2) is 60.7 Å². The molecule has 0 N–H and O–H groups in total. The van der Waals surface area contributed by atoms with E-state index < -0.39 is 0 Å². The first-order chi connectivity index (χ1) is 5.00. The van der Waals surface area contributed by atoms with Gasteiger partial charge in [0.1, 0.15) is 0 Å². The third-order valence-electron chi connectivity index (χ3n) is 1.11. The fourth-order valence-corrected chi connectivity index (χ4v) is 0.642. The van der Waals surface area contributed by atoms with Crippen molar-refractivity contribution in [1.29, 1.82) is 0 Å². The van der Waals surface area contributed by atoms with Gasteiger partial charge in [-0.05, 0) is 0 Å². The Balaban J connectivity index is 0. The van der Waals surface area contributed by atoms with Gasteiger partial charge in [0.2, 0.25) is 0 Å². The third kappa shape index (κ3) is 8.42. The molecule has 0 fully saturated rings. The minimum atomic E-state index is 0. The van der Waals surface area contributed by atoms with Crippen molar-refractivity contribution in [3.05, 3.63) is 60.7 Å². The summed E-state index contributed by atoms with van der Waals surface area (Å²) < 4.78 is 0. The summed E-state index contributed by atoms with van der Waals surface area (Å²) in [5.74, 6) is 0. The fraction of sp³-hybridized carbons (Fsp3) is 0. The number of rotatable bonds is 0. The second-order valence-corrected chi connectivity index (χ2v) is 1.92. The molecule has 0 aromatic heterocycles. The standard InChI is InChI=1S/2C5H5.Fe.Y/c2*1-2-4-5-3-1;;/h2*1-5H;;/q2*-1;+2;. The zero-order valence-corrected chi connectivity index (χ0v) is 10.6. The summed E-state index contributed by atoms with van der Waals surface area (Å²) in [6.07, 6.45) is 0. The summed E-state index contributed by atoms with van der Waals surface area (Å²) in [6, 6.07) is 20.0. The van der Waals surface area contributed by atoms with Crippen molar-refractivity contribution >= 4 is 0 Å². The average Bonchev–Trinajstić information content (AvgIpc) is 2.67. The van der Waals surface area contributed by atoms with Crippen LogP contribution >= 0.6 is 0 Å². The molecule has 0 heterocycles. The molecule has 12 heavy (non-hydrogen) atoms. The Bertz CT molecular complexity index is 149. The molecule has 0 saturated heterocycles. The minimum absolute atomic E-state index is 0. The predicted octanol–water partition coefficient (Wildman–Crippen LogP) is 2.81. The number of hydrogen-bond acceptors (Lipinski definition) is 0. The maximum absolute atomic E-state index is 2.00. The van der Waals surface area contributed by atoms with Crippen LogP contribution in [0.2, 0.25) is 0 Å². The summed E-state index contributed by atoms with van der Waals surface area (Å²) in [6.45, 7) is 0. The van der Waals surface area contributed by atoms with E-state index in [4.69, 9.17) is 0 Å². The van der Waals surface area contributed by atoms with Crippen LogP contribution in [0.5, 0.6) is 0 Å². The van der Waals surface area contributed by atoms with E-state index in [9.17, 15) is 0 Å². The van der Waals surface area contributed by atoms with E-state index >= 15 is 0 Å². The molecule has 2 aromatic rings. The summed E-state index contributed by atoms with van der Waals surface area (Å²) in [5, 5.41) is 0. The molecule has 0 bridgehead atoms. The summed E-state index contributed by atoms with van der Waals surface area (Å²) in [4.78, 5) is 0. The maximum Gasteiger partial charge on any atom is 2.00 e. The monoisotopic (exact) mass is 275 g/mol. The largest absolute Gasteiger partial charge is 2.00 e. The molecule has 0 saturated carbocycles. The first-order valence-electron chi connectivity index (χ1n) is 3.33. The van der Waals surface area contributed by atoms with Crippen molar-refractivity contribution in [3.8, 4) is 0 Å². The van der Waals surface area contributed by atoms with Gasteiger partial charge in [0.25, 0.3) is 0 Å². The van der Waals surface area contributed by atoms with Crippen LogP contribution in [-0.2, 0) is 49.8 Å². The van der Waals surface area contributed by atoms with Gasteiger partial charge in [0.05, 0.1) is 0 Å². The van der Waals surface area contributed by atoms with Gasteiger partial charge >= 0.3 is 17.1 Å². The van der Waals surface area contributed by atoms with Gasteiger partial charge < -0.3 is 0 Å². The van der Waals surface area contributed by atoms with Crippen molar-refractivity contribution < 1.29 is 49.8 Å². The van der Waals surface area contributed by atoms with Crippen LogP contribution in [0.3, 0.4) is 0 Å².